The first-order valence-corrected chi connectivity index (χ1v) is 8.86. The Hall–Kier alpha value is -1.63. The van der Waals surface area contributed by atoms with Gasteiger partial charge in [0.05, 0.1) is 6.16 Å². The van der Waals surface area contributed by atoms with Crippen LogP contribution in [0.1, 0.15) is 24.5 Å². The maximum atomic E-state index is 12.8. The van der Waals surface area contributed by atoms with Gasteiger partial charge in [-0.1, -0.05) is 67.6 Å². The molecule has 0 amide bonds. The molecule has 109 valence electrons. The van der Waals surface area contributed by atoms with Crippen molar-refractivity contribution in [2.75, 3.05) is 0 Å². The summed E-state index contributed by atoms with van der Waals surface area (Å²) in [7, 11) is -3.43. The maximum Gasteiger partial charge on any atom is 0.230 e. The van der Waals surface area contributed by atoms with Gasteiger partial charge in [0.2, 0.25) is 7.37 Å². The van der Waals surface area contributed by atoms with Crippen molar-refractivity contribution in [1.29, 1.82) is 0 Å². The van der Waals surface area contributed by atoms with Crippen molar-refractivity contribution in [2.24, 2.45) is 0 Å². The topological polar surface area (TPSA) is 37.3 Å². The van der Waals surface area contributed by atoms with Crippen molar-refractivity contribution >= 4 is 12.9 Å². The molecule has 0 spiro atoms. The van der Waals surface area contributed by atoms with Crippen LogP contribution in [-0.2, 0) is 10.7 Å². The molecule has 0 aliphatic rings. The molecule has 1 unspecified atom stereocenters. The van der Waals surface area contributed by atoms with Crippen LogP contribution < -0.4 is 0 Å². The fourth-order valence-electron chi connectivity index (χ4n) is 2.40. The molecule has 0 aromatic heterocycles. The number of benzene rings is 2. The van der Waals surface area contributed by atoms with Crippen molar-refractivity contribution in [1.82, 2.24) is 0 Å². The molecule has 1 atom stereocenters. The average Bonchev–Trinajstić information content (AvgIpc) is 2.49. The predicted octanol–water partition coefficient (Wildman–Crippen LogP) is 5.11. The van der Waals surface area contributed by atoms with E-state index in [1.54, 1.807) is 0 Å². The molecule has 2 nitrogen and oxygen atoms in total. The lowest BCUT2D eigenvalue weighted by Crippen LogP contribution is -1.95. The average molecular weight is 299 g/mol. The minimum absolute atomic E-state index is 0.156. The van der Waals surface area contributed by atoms with E-state index < -0.39 is 7.37 Å². The predicted molar refractivity (Wildman–Crippen MR) is 89.0 cm³/mol. The largest absolute Gasteiger partial charge is 0.341 e. The van der Waals surface area contributed by atoms with Gasteiger partial charge in [-0.25, -0.2) is 0 Å². The Morgan fingerprint density at radius 2 is 1.57 bits per heavy atom. The first-order chi connectivity index (χ1) is 10.0. The van der Waals surface area contributed by atoms with E-state index in [4.69, 9.17) is 0 Å². The van der Waals surface area contributed by atoms with Crippen molar-refractivity contribution in [3.05, 3.63) is 84.0 Å². The Morgan fingerprint density at radius 1 is 1.05 bits per heavy atom. The van der Waals surface area contributed by atoms with Crippen LogP contribution in [0.15, 0.2) is 66.0 Å². The van der Waals surface area contributed by atoms with E-state index in [1.165, 1.54) is 0 Å². The summed E-state index contributed by atoms with van der Waals surface area (Å²) in [6.45, 7) is 5.93. The molecule has 2 aromatic rings. The van der Waals surface area contributed by atoms with E-state index in [2.05, 4.69) is 6.92 Å². The van der Waals surface area contributed by atoms with Crippen LogP contribution in [0.2, 0.25) is 0 Å². The monoisotopic (exact) mass is 299 g/mol. The lowest BCUT2D eigenvalue weighted by Gasteiger charge is -2.18. The third-order valence-electron chi connectivity index (χ3n) is 3.47. The van der Waals surface area contributed by atoms with Gasteiger partial charge in [0.25, 0.3) is 0 Å². The zero-order chi connectivity index (χ0) is 15.3. The zero-order valence-corrected chi connectivity index (χ0v) is 13.1. The summed E-state index contributed by atoms with van der Waals surface area (Å²) < 4.78 is 12.8. The highest BCUT2D eigenvalue weighted by molar-refractivity contribution is 7.62. The first kappa shape index (κ1) is 15.8. The summed E-state index contributed by atoms with van der Waals surface area (Å²) in [6.07, 6.45) is 0.678. The van der Waals surface area contributed by atoms with Crippen LogP contribution >= 0.6 is 7.37 Å². The van der Waals surface area contributed by atoms with Gasteiger partial charge in [-0.15, -0.1) is 0 Å². The minimum atomic E-state index is -3.43. The summed E-state index contributed by atoms with van der Waals surface area (Å²) in [5.74, 6) is 0. The number of rotatable bonds is 5. The van der Waals surface area contributed by atoms with Crippen LogP contribution in [-0.4, -0.2) is 4.89 Å². The van der Waals surface area contributed by atoms with Gasteiger partial charge in [-0.05, 0) is 30.0 Å². The fraction of sp³-hybridized carbons (Fsp3) is 0.167. The number of allylic oxidation sites excluding steroid dienone is 2. The Labute approximate surface area is 126 Å². The maximum absolute atomic E-state index is 12.8. The zero-order valence-electron chi connectivity index (χ0n) is 12.2. The molecule has 0 saturated heterocycles. The van der Waals surface area contributed by atoms with Gasteiger partial charge in [0.15, 0.2) is 0 Å². The lowest BCUT2D eigenvalue weighted by molar-refractivity contribution is 0.483. The van der Waals surface area contributed by atoms with Crippen LogP contribution in [0.25, 0.3) is 5.57 Å². The third kappa shape index (κ3) is 3.93. The quantitative estimate of drug-likeness (QED) is 0.779. The molecule has 21 heavy (non-hydrogen) atoms. The van der Waals surface area contributed by atoms with Crippen LogP contribution in [0, 0.1) is 6.92 Å². The molecule has 0 aliphatic heterocycles. The molecular weight excluding hydrogens is 279 g/mol. The van der Waals surface area contributed by atoms with Gasteiger partial charge < -0.3 is 4.89 Å². The van der Waals surface area contributed by atoms with Crippen LogP contribution in [0.3, 0.4) is 0 Å². The van der Waals surface area contributed by atoms with E-state index in [0.29, 0.717) is 17.3 Å². The minimum Gasteiger partial charge on any atom is -0.341 e. The highest BCUT2D eigenvalue weighted by Gasteiger charge is 2.25. The van der Waals surface area contributed by atoms with E-state index >= 15 is 0 Å². The Balaban J connectivity index is 2.38. The molecular formula is C18H20O2P. The smallest absolute Gasteiger partial charge is 0.230 e. The molecule has 3 heteroatoms. The Kier molecular flexibility index (Phi) is 5.17. The highest BCUT2D eigenvalue weighted by Crippen LogP contribution is 2.56. The fourth-order valence-corrected chi connectivity index (χ4v) is 4.35. The molecule has 0 saturated carbocycles. The summed E-state index contributed by atoms with van der Waals surface area (Å²) in [5.41, 5.74) is 2.44. The second-order valence-electron chi connectivity index (χ2n) is 4.99. The van der Waals surface area contributed by atoms with Gasteiger partial charge in [-0.2, -0.15) is 0 Å². The van der Waals surface area contributed by atoms with Gasteiger partial charge in [-0.3, -0.25) is 4.57 Å². The molecule has 1 N–H and O–H groups in total. The first-order valence-electron chi connectivity index (χ1n) is 7.01. The summed E-state index contributed by atoms with van der Waals surface area (Å²) in [6, 6.07) is 19.0. The van der Waals surface area contributed by atoms with Crippen molar-refractivity contribution in [2.45, 2.75) is 19.5 Å². The molecule has 2 aromatic carbocycles. The highest BCUT2D eigenvalue weighted by atomic mass is 31.2. The normalized spacial score (nSPS) is 15.2. The summed E-state index contributed by atoms with van der Waals surface area (Å²) >= 11 is 0. The second kappa shape index (κ2) is 6.89. The van der Waals surface area contributed by atoms with Gasteiger partial charge >= 0.3 is 0 Å². The number of hydrogen-bond acceptors (Lipinski definition) is 1. The molecule has 0 heterocycles. The summed E-state index contributed by atoms with van der Waals surface area (Å²) in [5, 5.41) is 0.553. The van der Waals surface area contributed by atoms with Gasteiger partial charge in [0.1, 0.15) is 0 Å². The molecule has 0 bridgehead atoms. The molecule has 0 aliphatic carbocycles. The van der Waals surface area contributed by atoms with E-state index in [-0.39, 0.29) is 6.16 Å². The second-order valence-corrected chi connectivity index (χ2v) is 7.25. The SMILES string of the molecule is [CH2]/C(=C(\CC)P(=O)(O)Cc1ccccc1)c1ccccc1. The molecule has 0 fully saturated rings. The lowest BCUT2D eigenvalue weighted by atomic mass is 10.1. The van der Waals surface area contributed by atoms with E-state index in [0.717, 1.165) is 11.1 Å². The van der Waals surface area contributed by atoms with E-state index in [1.807, 2.05) is 67.6 Å². The van der Waals surface area contributed by atoms with Crippen molar-refractivity contribution < 1.29 is 9.46 Å². The number of hydrogen-bond donors (Lipinski definition) is 1. The molecule has 1 radical (unpaired) electrons. The van der Waals surface area contributed by atoms with E-state index in [9.17, 15) is 9.46 Å². The summed E-state index contributed by atoms with van der Waals surface area (Å²) in [4.78, 5) is 10.5. The van der Waals surface area contributed by atoms with Crippen molar-refractivity contribution in [3.8, 4) is 0 Å². The third-order valence-corrected chi connectivity index (χ3v) is 5.69. The van der Waals surface area contributed by atoms with Crippen LogP contribution in [0.4, 0.5) is 0 Å². The van der Waals surface area contributed by atoms with Crippen LogP contribution in [0.5, 0.6) is 0 Å². The van der Waals surface area contributed by atoms with Crippen molar-refractivity contribution in [3.63, 3.8) is 0 Å². The molecule has 2 rings (SSSR count). The Bertz CT molecular complexity index is 660. The standard InChI is InChI=1S/C18H20O2P/c1-3-18(15(2)17-12-8-5-9-13-17)21(19,20)14-16-10-6-4-7-11-16/h4-13H,2-3,14H2,1H3,(H,19,20)/b18-15-. The Morgan fingerprint density at radius 3 is 2.10 bits per heavy atom. The van der Waals surface area contributed by atoms with Gasteiger partial charge in [0, 0.05) is 5.31 Å².